The second-order valence-electron chi connectivity index (χ2n) is 6.60. The van der Waals surface area contributed by atoms with Gasteiger partial charge >= 0.3 is 0 Å². The summed E-state index contributed by atoms with van der Waals surface area (Å²) in [6, 6.07) is 19.8. The fourth-order valence-electron chi connectivity index (χ4n) is 2.79. The zero-order chi connectivity index (χ0) is 19.3. The highest BCUT2D eigenvalue weighted by Gasteiger charge is 2.10. The molecule has 0 atom stereocenters. The number of pyridine rings is 1. The number of benzene rings is 2. The van der Waals surface area contributed by atoms with E-state index in [1.54, 1.807) is 6.20 Å². The van der Waals surface area contributed by atoms with Crippen molar-refractivity contribution in [3.05, 3.63) is 66.9 Å². The van der Waals surface area contributed by atoms with E-state index >= 15 is 0 Å². The second kappa shape index (κ2) is 7.87. The lowest BCUT2D eigenvalue weighted by molar-refractivity contribution is 0.869. The van der Waals surface area contributed by atoms with E-state index in [9.17, 15) is 0 Å². The molecule has 0 unspecified atom stereocenters. The quantitative estimate of drug-likeness (QED) is 0.452. The number of fused-ring (bicyclic) bond motifs is 1. The summed E-state index contributed by atoms with van der Waals surface area (Å²) >= 11 is 0. The summed E-state index contributed by atoms with van der Waals surface area (Å²) in [4.78, 5) is 17.9. The first-order valence-electron chi connectivity index (χ1n) is 9.13. The van der Waals surface area contributed by atoms with Crippen molar-refractivity contribution < 1.29 is 0 Å². The van der Waals surface area contributed by atoms with Gasteiger partial charge in [-0.05, 0) is 50.2 Å². The molecule has 3 N–H and O–H groups in total. The molecule has 28 heavy (non-hydrogen) atoms. The molecule has 4 aromatic rings. The molecule has 2 aromatic carbocycles. The molecule has 4 rings (SSSR count). The van der Waals surface area contributed by atoms with Crippen LogP contribution in [0.2, 0.25) is 0 Å². The normalized spacial score (nSPS) is 10.8. The average Bonchev–Trinajstić information content (AvgIpc) is 2.68. The van der Waals surface area contributed by atoms with E-state index in [0.29, 0.717) is 17.8 Å². The first-order valence-corrected chi connectivity index (χ1v) is 9.13. The Balaban J connectivity index is 1.69. The SMILES string of the molecule is CC(C)Nc1nc(Nc2ccccc2)nc(Nc2cccc3ncccc23)n1. The monoisotopic (exact) mass is 371 g/mol. The fourth-order valence-corrected chi connectivity index (χ4v) is 2.79. The molecule has 0 aliphatic carbocycles. The molecule has 0 bridgehead atoms. The number of hydrogen-bond donors (Lipinski definition) is 3. The van der Waals surface area contributed by atoms with Gasteiger partial charge in [-0.3, -0.25) is 4.98 Å². The molecular weight excluding hydrogens is 350 g/mol. The van der Waals surface area contributed by atoms with E-state index < -0.39 is 0 Å². The topological polar surface area (TPSA) is 87.7 Å². The summed E-state index contributed by atoms with van der Waals surface area (Å²) in [5, 5.41) is 10.8. The Labute approximate surface area is 163 Å². The molecule has 0 aliphatic rings. The maximum absolute atomic E-state index is 4.53. The Kier molecular flexibility index (Phi) is 4.97. The van der Waals surface area contributed by atoms with Gasteiger partial charge in [-0.25, -0.2) is 0 Å². The summed E-state index contributed by atoms with van der Waals surface area (Å²) in [6.07, 6.45) is 1.78. The minimum atomic E-state index is 0.196. The van der Waals surface area contributed by atoms with Crippen molar-refractivity contribution >= 4 is 40.1 Å². The lowest BCUT2D eigenvalue weighted by atomic mass is 10.2. The lowest BCUT2D eigenvalue weighted by Crippen LogP contribution is -2.15. The third-order valence-electron chi connectivity index (χ3n) is 3.98. The van der Waals surface area contributed by atoms with Crippen LogP contribution in [-0.4, -0.2) is 26.0 Å². The molecule has 2 aromatic heterocycles. The van der Waals surface area contributed by atoms with E-state index in [4.69, 9.17) is 0 Å². The Bertz CT molecular complexity index is 1080. The highest BCUT2D eigenvalue weighted by atomic mass is 15.3. The van der Waals surface area contributed by atoms with E-state index in [0.717, 1.165) is 22.3 Å². The summed E-state index contributed by atoms with van der Waals surface area (Å²) < 4.78 is 0. The molecule has 2 heterocycles. The molecule has 0 saturated carbocycles. The number of hydrogen-bond acceptors (Lipinski definition) is 7. The van der Waals surface area contributed by atoms with Gasteiger partial charge in [0.05, 0.1) is 11.2 Å². The van der Waals surface area contributed by atoms with Crippen molar-refractivity contribution in [2.75, 3.05) is 16.0 Å². The third kappa shape index (κ3) is 4.15. The van der Waals surface area contributed by atoms with Crippen molar-refractivity contribution in [2.24, 2.45) is 0 Å². The number of para-hydroxylation sites is 1. The van der Waals surface area contributed by atoms with Crippen LogP contribution in [0.1, 0.15) is 13.8 Å². The van der Waals surface area contributed by atoms with Crippen molar-refractivity contribution in [1.82, 2.24) is 19.9 Å². The van der Waals surface area contributed by atoms with Crippen molar-refractivity contribution in [3.8, 4) is 0 Å². The van der Waals surface area contributed by atoms with Gasteiger partial charge in [0.15, 0.2) is 0 Å². The first-order chi connectivity index (χ1) is 13.7. The van der Waals surface area contributed by atoms with Crippen molar-refractivity contribution in [3.63, 3.8) is 0 Å². The molecular formula is C21H21N7. The maximum atomic E-state index is 4.53. The van der Waals surface area contributed by atoms with E-state index in [-0.39, 0.29) is 6.04 Å². The number of rotatable bonds is 6. The van der Waals surface area contributed by atoms with Gasteiger partial charge in [0, 0.05) is 23.3 Å². The minimum absolute atomic E-state index is 0.196. The van der Waals surface area contributed by atoms with E-state index in [1.807, 2.05) is 74.5 Å². The predicted octanol–water partition coefficient (Wildman–Crippen LogP) is 4.73. The van der Waals surface area contributed by atoms with Crippen molar-refractivity contribution in [1.29, 1.82) is 0 Å². The summed E-state index contributed by atoms with van der Waals surface area (Å²) in [6.45, 7) is 4.08. The highest BCUT2D eigenvalue weighted by Crippen LogP contribution is 2.25. The molecule has 0 spiro atoms. The van der Waals surface area contributed by atoms with Crippen LogP contribution in [0.3, 0.4) is 0 Å². The molecule has 0 aliphatic heterocycles. The van der Waals surface area contributed by atoms with E-state index in [2.05, 4.69) is 35.9 Å². The Morgan fingerprint density at radius 2 is 1.46 bits per heavy atom. The second-order valence-corrected chi connectivity index (χ2v) is 6.60. The first kappa shape index (κ1) is 17.7. The lowest BCUT2D eigenvalue weighted by Gasteiger charge is -2.13. The molecule has 140 valence electrons. The van der Waals surface area contributed by atoms with Gasteiger partial charge in [0.1, 0.15) is 0 Å². The van der Waals surface area contributed by atoms with Gasteiger partial charge in [0.25, 0.3) is 0 Å². The summed E-state index contributed by atoms with van der Waals surface area (Å²) in [5.41, 5.74) is 2.70. The van der Waals surface area contributed by atoms with Crippen LogP contribution in [0, 0.1) is 0 Å². The van der Waals surface area contributed by atoms with Crippen LogP contribution in [0.5, 0.6) is 0 Å². The molecule has 0 radical (unpaired) electrons. The van der Waals surface area contributed by atoms with Crippen LogP contribution in [0.4, 0.5) is 29.2 Å². The molecule has 0 saturated heterocycles. The minimum Gasteiger partial charge on any atom is -0.352 e. The Hall–Kier alpha value is -3.74. The van der Waals surface area contributed by atoms with E-state index in [1.165, 1.54) is 0 Å². The van der Waals surface area contributed by atoms with Crippen LogP contribution < -0.4 is 16.0 Å². The summed E-state index contributed by atoms with van der Waals surface area (Å²) in [5.74, 6) is 1.42. The molecule has 7 heteroatoms. The zero-order valence-corrected chi connectivity index (χ0v) is 15.7. The number of nitrogens with zero attached hydrogens (tertiary/aromatic N) is 4. The van der Waals surface area contributed by atoms with Gasteiger partial charge in [-0.2, -0.15) is 15.0 Å². The van der Waals surface area contributed by atoms with Gasteiger partial charge in [-0.15, -0.1) is 0 Å². The van der Waals surface area contributed by atoms with Crippen LogP contribution in [-0.2, 0) is 0 Å². The van der Waals surface area contributed by atoms with Crippen molar-refractivity contribution in [2.45, 2.75) is 19.9 Å². The van der Waals surface area contributed by atoms with Crippen LogP contribution >= 0.6 is 0 Å². The standard InChI is InChI=1S/C21H21N7/c1-14(2)23-19-26-20(24-15-8-4-3-5-9-15)28-21(27-19)25-18-12-6-11-17-16(18)10-7-13-22-17/h3-14H,1-2H3,(H3,23,24,25,26,27,28). The Morgan fingerprint density at radius 1 is 0.714 bits per heavy atom. The molecule has 0 fully saturated rings. The fraction of sp³-hybridized carbons (Fsp3) is 0.143. The average molecular weight is 371 g/mol. The maximum Gasteiger partial charge on any atom is 0.233 e. The molecule has 7 nitrogen and oxygen atoms in total. The Morgan fingerprint density at radius 3 is 2.25 bits per heavy atom. The van der Waals surface area contributed by atoms with Gasteiger partial charge in [-0.1, -0.05) is 24.3 Å². The third-order valence-corrected chi connectivity index (χ3v) is 3.98. The number of nitrogens with one attached hydrogen (secondary N) is 3. The predicted molar refractivity (Wildman–Crippen MR) is 113 cm³/mol. The van der Waals surface area contributed by atoms with Gasteiger partial charge < -0.3 is 16.0 Å². The number of aromatic nitrogens is 4. The largest absolute Gasteiger partial charge is 0.352 e. The zero-order valence-electron chi connectivity index (χ0n) is 15.7. The number of anilines is 5. The molecule has 0 amide bonds. The van der Waals surface area contributed by atoms with Crippen LogP contribution in [0.25, 0.3) is 10.9 Å². The van der Waals surface area contributed by atoms with Gasteiger partial charge in [0.2, 0.25) is 17.8 Å². The highest BCUT2D eigenvalue weighted by molar-refractivity contribution is 5.92. The summed E-state index contributed by atoms with van der Waals surface area (Å²) in [7, 11) is 0. The van der Waals surface area contributed by atoms with Crippen LogP contribution in [0.15, 0.2) is 66.9 Å². The smallest absolute Gasteiger partial charge is 0.233 e.